The predicted octanol–water partition coefficient (Wildman–Crippen LogP) is 9.49. The Morgan fingerprint density at radius 3 is 1.30 bits per heavy atom. The summed E-state index contributed by atoms with van der Waals surface area (Å²) in [5.74, 6) is 0. The second-order valence-corrected chi connectivity index (χ2v) is 11.8. The Kier molecular flexibility index (Phi) is 9.83. The van der Waals surface area contributed by atoms with Crippen molar-refractivity contribution in [2.24, 2.45) is 0 Å². The molecule has 0 heterocycles. The molecule has 0 amide bonds. The monoisotopic (exact) mass is 542 g/mol. The molecule has 3 aromatic carbocycles. The van der Waals surface area contributed by atoms with E-state index >= 15 is 0 Å². The minimum atomic E-state index is -1.71. The lowest BCUT2D eigenvalue weighted by Crippen LogP contribution is -2.33. The Morgan fingerprint density at radius 1 is 0.515 bits per heavy atom. The molecule has 0 N–H and O–H groups in total. The standard InChI is InChI=1S/C27H27Cl5O/c28-25(29,27(30,31)32)20-12-1-2-13-21-33-26(22-14-6-3-7-15-22,23-16-8-4-9-17-23)24-18-10-5-11-19-24/h3-11,14-19H,1-2,12-13,20-21H2. The van der Waals surface area contributed by atoms with Crippen LogP contribution in [0.15, 0.2) is 91.0 Å². The molecule has 3 aromatic rings. The predicted molar refractivity (Wildman–Crippen MR) is 143 cm³/mol. The van der Waals surface area contributed by atoms with Crippen LogP contribution >= 0.6 is 58.0 Å². The number of unbranched alkanes of at least 4 members (excludes halogenated alkanes) is 3. The first-order chi connectivity index (χ1) is 15.8. The van der Waals surface area contributed by atoms with E-state index in [1.165, 1.54) is 0 Å². The van der Waals surface area contributed by atoms with Crippen molar-refractivity contribution in [2.45, 2.75) is 45.8 Å². The van der Waals surface area contributed by atoms with Gasteiger partial charge in [0, 0.05) is 6.61 Å². The van der Waals surface area contributed by atoms with Gasteiger partial charge in [0.2, 0.25) is 3.79 Å². The summed E-state index contributed by atoms with van der Waals surface area (Å²) in [6.45, 7) is 0.593. The second kappa shape index (κ2) is 12.2. The molecule has 1 nitrogen and oxygen atoms in total. The zero-order valence-electron chi connectivity index (χ0n) is 18.2. The number of hydrogen-bond acceptors (Lipinski definition) is 1. The van der Waals surface area contributed by atoms with Gasteiger partial charge in [0.25, 0.3) is 0 Å². The van der Waals surface area contributed by atoms with E-state index in [0.29, 0.717) is 13.0 Å². The highest BCUT2D eigenvalue weighted by atomic mass is 35.6. The minimum Gasteiger partial charge on any atom is -0.361 e. The third kappa shape index (κ3) is 6.82. The molecule has 0 fully saturated rings. The first kappa shape index (κ1) is 26.7. The van der Waals surface area contributed by atoms with Gasteiger partial charge in [-0.3, -0.25) is 0 Å². The maximum absolute atomic E-state index is 6.77. The van der Waals surface area contributed by atoms with E-state index in [1.54, 1.807) is 0 Å². The van der Waals surface area contributed by atoms with Gasteiger partial charge in [-0.2, -0.15) is 0 Å². The van der Waals surface area contributed by atoms with Gasteiger partial charge in [0.15, 0.2) is 4.33 Å². The highest BCUT2D eigenvalue weighted by Gasteiger charge is 2.45. The average Bonchev–Trinajstić information content (AvgIpc) is 2.82. The van der Waals surface area contributed by atoms with Crippen molar-refractivity contribution in [2.75, 3.05) is 6.61 Å². The Labute approximate surface area is 221 Å². The molecule has 6 heteroatoms. The van der Waals surface area contributed by atoms with Crippen molar-refractivity contribution >= 4 is 58.0 Å². The molecule has 0 spiro atoms. The largest absolute Gasteiger partial charge is 0.361 e. The van der Waals surface area contributed by atoms with Gasteiger partial charge in [-0.25, -0.2) is 0 Å². The van der Waals surface area contributed by atoms with E-state index in [1.807, 2.05) is 18.2 Å². The van der Waals surface area contributed by atoms with E-state index in [4.69, 9.17) is 62.7 Å². The lowest BCUT2D eigenvalue weighted by Gasteiger charge is -2.36. The molecule has 0 radical (unpaired) electrons. The maximum Gasteiger partial charge on any atom is 0.223 e. The highest BCUT2D eigenvalue weighted by molar-refractivity contribution is 6.75. The van der Waals surface area contributed by atoms with Gasteiger partial charge in [0.1, 0.15) is 5.60 Å². The topological polar surface area (TPSA) is 9.23 Å². The molecule has 0 bridgehead atoms. The van der Waals surface area contributed by atoms with Gasteiger partial charge in [0.05, 0.1) is 0 Å². The Hall–Kier alpha value is -0.930. The Morgan fingerprint density at radius 2 is 0.909 bits per heavy atom. The number of alkyl halides is 5. The first-order valence-corrected chi connectivity index (χ1v) is 12.9. The van der Waals surface area contributed by atoms with Crippen molar-refractivity contribution in [1.29, 1.82) is 0 Å². The zero-order valence-corrected chi connectivity index (χ0v) is 22.0. The molecule has 0 unspecified atom stereocenters. The number of benzene rings is 3. The summed E-state index contributed by atoms with van der Waals surface area (Å²) in [5.41, 5.74) is 2.60. The third-order valence-electron chi connectivity index (χ3n) is 5.66. The van der Waals surface area contributed by atoms with Crippen molar-refractivity contribution < 1.29 is 4.74 Å². The molecule has 176 valence electrons. The number of halogens is 5. The maximum atomic E-state index is 6.77. The van der Waals surface area contributed by atoms with Gasteiger partial charge < -0.3 is 4.74 Å². The highest BCUT2D eigenvalue weighted by Crippen LogP contribution is 2.48. The van der Waals surface area contributed by atoms with E-state index in [-0.39, 0.29) is 0 Å². The molecule has 0 aliphatic heterocycles. The SMILES string of the molecule is ClC(Cl)(Cl)C(Cl)(Cl)CCCCCCOC(c1ccccc1)(c1ccccc1)c1ccccc1. The van der Waals surface area contributed by atoms with Gasteiger partial charge in [-0.1, -0.05) is 168 Å². The molecule has 0 atom stereocenters. The molecule has 0 saturated heterocycles. The van der Waals surface area contributed by atoms with E-state index in [0.717, 1.165) is 42.4 Å². The molecule has 0 aliphatic carbocycles. The molecule has 0 aliphatic rings. The Balaban J connectivity index is 1.73. The number of ether oxygens (including phenoxy) is 1. The molecule has 3 rings (SSSR count). The van der Waals surface area contributed by atoms with Gasteiger partial charge >= 0.3 is 0 Å². The van der Waals surface area contributed by atoms with Crippen LogP contribution in [0.5, 0.6) is 0 Å². The van der Waals surface area contributed by atoms with Crippen molar-refractivity contribution in [1.82, 2.24) is 0 Å². The lowest BCUT2D eigenvalue weighted by molar-refractivity contribution is 0.0106. The minimum absolute atomic E-state index is 0.412. The molecule has 33 heavy (non-hydrogen) atoms. The molecular formula is C27H27Cl5O. The first-order valence-electron chi connectivity index (χ1n) is 11.0. The van der Waals surface area contributed by atoms with Crippen LogP contribution in [0.25, 0.3) is 0 Å². The smallest absolute Gasteiger partial charge is 0.223 e. The normalized spacial score (nSPS) is 12.6. The van der Waals surface area contributed by atoms with Gasteiger partial charge in [-0.15, -0.1) is 0 Å². The van der Waals surface area contributed by atoms with Crippen LogP contribution in [0.3, 0.4) is 0 Å². The summed E-state index contributed by atoms with van der Waals surface area (Å²) in [5, 5.41) is 0. The zero-order chi connectivity index (χ0) is 23.8. The van der Waals surface area contributed by atoms with E-state index in [2.05, 4.69) is 72.8 Å². The fourth-order valence-corrected chi connectivity index (χ4v) is 4.49. The Bertz CT molecular complexity index is 859. The molecule has 0 saturated carbocycles. The fraction of sp³-hybridized carbons (Fsp3) is 0.333. The van der Waals surface area contributed by atoms with E-state index in [9.17, 15) is 0 Å². The van der Waals surface area contributed by atoms with Crippen LogP contribution in [0.1, 0.15) is 48.8 Å². The van der Waals surface area contributed by atoms with Crippen molar-refractivity contribution in [3.63, 3.8) is 0 Å². The van der Waals surface area contributed by atoms with Crippen LogP contribution in [0.4, 0.5) is 0 Å². The van der Waals surface area contributed by atoms with Crippen LogP contribution in [0, 0.1) is 0 Å². The summed E-state index contributed by atoms with van der Waals surface area (Å²) in [7, 11) is 0. The summed E-state index contributed by atoms with van der Waals surface area (Å²) in [6, 6.07) is 31.1. The van der Waals surface area contributed by atoms with Crippen LogP contribution < -0.4 is 0 Å². The summed E-state index contributed by atoms with van der Waals surface area (Å²) >= 11 is 29.9. The summed E-state index contributed by atoms with van der Waals surface area (Å²) < 4.78 is 3.67. The molecule has 0 aromatic heterocycles. The second-order valence-electron chi connectivity index (χ2n) is 7.99. The lowest BCUT2D eigenvalue weighted by atomic mass is 9.80. The number of hydrogen-bond donors (Lipinski definition) is 0. The van der Waals surface area contributed by atoms with Crippen LogP contribution in [-0.2, 0) is 10.3 Å². The third-order valence-corrected chi connectivity index (χ3v) is 8.15. The van der Waals surface area contributed by atoms with Crippen LogP contribution in [-0.4, -0.2) is 14.7 Å². The summed E-state index contributed by atoms with van der Waals surface area (Å²) in [6.07, 6.45) is 3.94. The average molecular weight is 545 g/mol. The van der Waals surface area contributed by atoms with E-state index < -0.39 is 13.7 Å². The number of rotatable bonds is 11. The quantitative estimate of drug-likeness (QED) is 0.133. The molecular weight excluding hydrogens is 518 g/mol. The van der Waals surface area contributed by atoms with Crippen molar-refractivity contribution in [3.05, 3.63) is 108 Å². The summed E-state index contributed by atoms with van der Waals surface area (Å²) in [4.78, 5) is 0. The fourth-order valence-electron chi connectivity index (χ4n) is 3.94. The van der Waals surface area contributed by atoms with Crippen LogP contribution in [0.2, 0.25) is 0 Å². The van der Waals surface area contributed by atoms with Gasteiger partial charge in [-0.05, 0) is 29.5 Å². The van der Waals surface area contributed by atoms with Crippen molar-refractivity contribution in [3.8, 4) is 0 Å².